The van der Waals surface area contributed by atoms with Crippen LogP contribution < -0.4 is 10.1 Å². The van der Waals surface area contributed by atoms with Gasteiger partial charge in [-0.3, -0.25) is 0 Å². The largest absolute Gasteiger partial charge is 0.481 e. The van der Waals surface area contributed by atoms with Crippen molar-refractivity contribution in [1.29, 1.82) is 0 Å². The van der Waals surface area contributed by atoms with Crippen LogP contribution in [0.15, 0.2) is 36.5 Å². The van der Waals surface area contributed by atoms with E-state index < -0.39 is 0 Å². The lowest BCUT2D eigenvalue weighted by atomic mass is 10.1. The smallest absolute Gasteiger partial charge is 0.217 e. The van der Waals surface area contributed by atoms with Gasteiger partial charge in [0.25, 0.3) is 0 Å². The highest BCUT2D eigenvalue weighted by Gasteiger charge is 2.04. The highest BCUT2D eigenvalue weighted by atomic mass is 35.5. The molecular weight excluding hydrogens is 295 g/mol. The fourth-order valence-electron chi connectivity index (χ4n) is 1.91. The van der Waals surface area contributed by atoms with Crippen molar-refractivity contribution in [1.82, 2.24) is 10.3 Å². The summed E-state index contributed by atoms with van der Waals surface area (Å²) in [6.45, 7) is 1.53. The molecule has 0 aliphatic heterocycles. The molecule has 0 fully saturated rings. The first-order valence-electron chi connectivity index (χ1n) is 6.33. The molecule has 0 aliphatic carbocycles. The monoisotopic (exact) mass is 310 g/mol. The zero-order chi connectivity index (χ0) is 14.4. The Morgan fingerprint density at radius 3 is 2.80 bits per heavy atom. The summed E-state index contributed by atoms with van der Waals surface area (Å²) in [6.07, 6.45) is 2.56. The van der Waals surface area contributed by atoms with E-state index in [-0.39, 0.29) is 0 Å². The minimum absolute atomic E-state index is 0.657. The van der Waals surface area contributed by atoms with Gasteiger partial charge in [-0.15, -0.1) is 0 Å². The third-order valence-electron chi connectivity index (χ3n) is 2.94. The lowest BCUT2D eigenvalue weighted by Gasteiger charge is -2.09. The van der Waals surface area contributed by atoms with E-state index in [9.17, 15) is 0 Å². The zero-order valence-corrected chi connectivity index (χ0v) is 12.7. The van der Waals surface area contributed by atoms with Crippen molar-refractivity contribution in [3.8, 4) is 5.88 Å². The van der Waals surface area contributed by atoms with E-state index in [0.717, 1.165) is 24.1 Å². The lowest BCUT2D eigenvalue weighted by molar-refractivity contribution is 0.390. The molecule has 0 atom stereocenters. The van der Waals surface area contributed by atoms with E-state index in [4.69, 9.17) is 27.9 Å². The van der Waals surface area contributed by atoms with Crippen LogP contribution in [0.5, 0.6) is 5.88 Å². The van der Waals surface area contributed by atoms with E-state index in [1.807, 2.05) is 24.3 Å². The van der Waals surface area contributed by atoms with Crippen LogP contribution in [0.25, 0.3) is 0 Å². The maximum absolute atomic E-state index is 6.13. The zero-order valence-electron chi connectivity index (χ0n) is 11.2. The molecule has 0 amide bonds. The average Bonchev–Trinajstić information content (AvgIpc) is 2.46. The lowest BCUT2D eigenvalue weighted by Crippen LogP contribution is -2.17. The Bertz CT molecular complexity index is 576. The van der Waals surface area contributed by atoms with Gasteiger partial charge in [0, 0.05) is 28.4 Å². The van der Waals surface area contributed by atoms with E-state index in [0.29, 0.717) is 22.5 Å². The van der Waals surface area contributed by atoms with Gasteiger partial charge in [0.05, 0.1) is 7.11 Å². The molecule has 1 N–H and O–H groups in total. The number of halogens is 2. The predicted molar refractivity (Wildman–Crippen MR) is 82.7 cm³/mol. The average molecular weight is 311 g/mol. The summed E-state index contributed by atoms with van der Waals surface area (Å²) in [6, 6.07) is 9.47. The Hall–Kier alpha value is -1.29. The highest BCUT2D eigenvalue weighted by Crippen LogP contribution is 2.21. The molecule has 1 aromatic carbocycles. The van der Waals surface area contributed by atoms with Gasteiger partial charge in [0.2, 0.25) is 5.88 Å². The second-order valence-corrected chi connectivity index (χ2v) is 5.18. The first-order chi connectivity index (χ1) is 9.70. The van der Waals surface area contributed by atoms with Gasteiger partial charge in [-0.1, -0.05) is 35.3 Å². The molecule has 5 heteroatoms. The number of hydrogen-bond acceptors (Lipinski definition) is 3. The molecule has 2 rings (SSSR count). The highest BCUT2D eigenvalue weighted by molar-refractivity contribution is 6.35. The van der Waals surface area contributed by atoms with Gasteiger partial charge in [-0.05, 0) is 36.7 Å². The Morgan fingerprint density at radius 2 is 2.05 bits per heavy atom. The number of methoxy groups -OCH3 is 1. The van der Waals surface area contributed by atoms with Crippen LogP contribution in [0.1, 0.15) is 11.1 Å². The first kappa shape index (κ1) is 15.1. The normalized spacial score (nSPS) is 10.6. The standard InChI is InChI=1S/C15H16Cl2N2O/c1-20-15-12(3-2-7-19-15)10-18-8-6-11-4-5-13(16)9-14(11)17/h2-5,7,9,18H,6,8,10H2,1H3. The Kier molecular flexibility index (Phi) is 5.65. The van der Waals surface area contributed by atoms with Crippen molar-refractivity contribution >= 4 is 23.2 Å². The van der Waals surface area contributed by atoms with Crippen LogP contribution in [0, 0.1) is 0 Å². The van der Waals surface area contributed by atoms with Crippen molar-refractivity contribution in [3.05, 3.63) is 57.7 Å². The fourth-order valence-corrected chi connectivity index (χ4v) is 2.42. The number of rotatable bonds is 6. The number of ether oxygens (including phenoxy) is 1. The molecule has 106 valence electrons. The molecule has 0 spiro atoms. The molecule has 3 nitrogen and oxygen atoms in total. The molecule has 2 aromatic rings. The number of pyridine rings is 1. The van der Waals surface area contributed by atoms with E-state index in [1.54, 1.807) is 19.4 Å². The van der Waals surface area contributed by atoms with Gasteiger partial charge in [-0.2, -0.15) is 0 Å². The maximum Gasteiger partial charge on any atom is 0.217 e. The molecule has 0 unspecified atom stereocenters. The third kappa shape index (κ3) is 4.10. The number of aromatic nitrogens is 1. The van der Waals surface area contributed by atoms with Crippen LogP contribution in [-0.4, -0.2) is 18.6 Å². The maximum atomic E-state index is 6.13. The summed E-state index contributed by atoms with van der Waals surface area (Å²) in [7, 11) is 1.62. The van der Waals surface area contributed by atoms with Gasteiger partial charge < -0.3 is 10.1 Å². The summed E-state index contributed by atoms with van der Waals surface area (Å²) in [4.78, 5) is 4.16. The van der Waals surface area contributed by atoms with Gasteiger partial charge >= 0.3 is 0 Å². The number of nitrogens with one attached hydrogen (secondary N) is 1. The SMILES string of the molecule is COc1ncccc1CNCCc1ccc(Cl)cc1Cl. The third-order valence-corrected chi connectivity index (χ3v) is 3.53. The second kappa shape index (κ2) is 7.48. The van der Waals surface area contributed by atoms with E-state index >= 15 is 0 Å². The molecule has 0 saturated carbocycles. The second-order valence-electron chi connectivity index (χ2n) is 4.33. The summed E-state index contributed by atoms with van der Waals surface area (Å²) in [5.74, 6) is 0.657. The van der Waals surface area contributed by atoms with Crippen LogP contribution in [0.4, 0.5) is 0 Å². The molecule has 1 heterocycles. The van der Waals surface area contributed by atoms with Crippen molar-refractivity contribution in [2.45, 2.75) is 13.0 Å². The number of nitrogens with zero attached hydrogens (tertiary/aromatic N) is 1. The topological polar surface area (TPSA) is 34.1 Å². The van der Waals surface area contributed by atoms with Crippen LogP contribution in [-0.2, 0) is 13.0 Å². The molecular formula is C15H16Cl2N2O. The Balaban J connectivity index is 1.84. The molecule has 0 aliphatic rings. The van der Waals surface area contributed by atoms with Crippen molar-refractivity contribution < 1.29 is 4.74 Å². The van der Waals surface area contributed by atoms with Crippen molar-refractivity contribution in [2.24, 2.45) is 0 Å². The minimum Gasteiger partial charge on any atom is -0.481 e. The van der Waals surface area contributed by atoms with Gasteiger partial charge in [-0.25, -0.2) is 4.98 Å². The summed E-state index contributed by atoms with van der Waals surface area (Å²) in [5.41, 5.74) is 2.12. The van der Waals surface area contributed by atoms with Crippen LogP contribution in [0.2, 0.25) is 10.0 Å². The molecule has 1 aromatic heterocycles. The van der Waals surface area contributed by atoms with E-state index in [2.05, 4.69) is 10.3 Å². The van der Waals surface area contributed by atoms with Crippen LogP contribution in [0.3, 0.4) is 0 Å². The molecule has 20 heavy (non-hydrogen) atoms. The van der Waals surface area contributed by atoms with E-state index in [1.165, 1.54) is 0 Å². The predicted octanol–water partition coefficient (Wildman–Crippen LogP) is 3.73. The molecule has 0 radical (unpaired) electrons. The van der Waals surface area contributed by atoms with Gasteiger partial charge in [0.15, 0.2) is 0 Å². The summed E-state index contributed by atoms with van der Waals surface area (Å²) in [5, 5.41) is 4.72. The van der Waals surface area contributed by atoms with Gasteiger partial charge in [0.1, 0.15) is 0 Å². The molecule has 0 saturated heterocycles. The number of hydrogen-bond donors (Lipinski definition) is 1. The first-order valence-corrected chi connectivity index (χ1v) is 7.09. The Labute approximate surface area is 128 Å². The Morgan fingerprint density at radius 1 is 1.20 bits per heavy atom. The van der Waals surface area contributed by atoms with Crippen LogP contribution >= 0.6 is 23.2 Å². The fraction of sp³-hybridized carbons (Fsp3) is 0.267. The molecule has 0 bridgehead atoms. The summed E-state index contributed by atoms with van der Waals surface area (Å²) < 4.78 is 5.21. The minimum atomic E-state index is 0.657. The number of benzene rings is 1. The van der Waals surface area contributed by atoms with Crippen molar-refractivity contribution in [3.63, 3.8) is 0 Å². The summed E-state index contributed by atoms with van der Waals surface area (Å²) >= 11 is 12.0. The van der Waals surface area contributed by atoms with Crippen molar-refractivity contribution in [2.75, 3.05) is 13.7 Å². The quantitative estimate of drug-likeness (QED) is 0.826.